The van der Waals surface area contributed by atoms with E-state index < -0.39 is 5.97 Å². The molecule has 1 N–H and O–H groups in total. The first-order valence-electron chi connectivity index (χ1n) is 6.62. The molecule has 0 spiro atoms. The van der Waals surface area contributed by atoms with Crippen LogP contribution in [0.15, 0.2) is 65.1 Å². The average Bonchev–Trinajstić information content (AvgIpc) is 2.53. The molecule has 3 aromatic carbocycles. The van der Waals surface area contributed by atoms with E-state index in [0.717, 1.165) is 15.2 Å². The molecular formula is C18H11BrO3. The van der Waals surface area contributed by atoms with Crippen LogP contribution in [-0.2, 0) is 0 Å². The Balaban J connectivity index is 2.19. The second-order valence-electron chi connectivity index (χ2n) is 4.89. The van der Waals surface area contributed by atoms with Gasteiger partial charge in [0.2, 0.25) is 0 Å². The summed E-state index contributed by atoms with van der Waals surface area (Å²) in [6, 6.07) is 17.4. The Kier molecular flexibility index (Phi) is 3.77. The minimum absolute atomic E-state index is 0.0200. The Morgan fingerprint density at radius 2 is 1.36 bits per heavy atom. The van der Waals surface area contributed by atoms with Gasteiger partial charge in [-0.05, 0) is 47.2 Å². The predicted molar refractivity (Wildman–Crippen MR) is 88.5 cm³/mol. The third-order valence-electron chi connectivity index (χ3n) is 3.47. The average molecular weight is 355 g/mol. The van der Waals surface area contributed by atoms with Gasteiger partial charge in [-0.15, -0.1) is 0 Å². The summed E-state index contributed by atoms with van der Waals surface area (Å²) >= 11 is 3.32. The second kappa shape index (κ2) is 5.73. The zero-order chi connectivity index (χ0) is 15.7. The first kappa shape index (κ1) is 14.5. The van der Waals surface area contributed by atoms with Gasteiger partial charge in [0.05, 0.1) is 5.56 Å². The van der Waals surface area contributed by atoms with E-state index in [2.05, 4.69) is 15.9 Å². The van der Waals surface area contributed by atoms with Crippen molar-refractivity contribution < 1.29 is 14.7 Å². The van der Waals surface area contributed by atoms with Gasteiger partial charge >= 0.3 is 5.97 Å². The zero-order valence-electron chi connectivity index (χ0n) is 11.4. The van der Waals surface area contributed by atoms with Crippen LogP contribution < -0.4 is 0 Å². The quantitative estimate of drug-likeness (QED) is 0.703. The standard InChI is InChI=1S/C18H11BrO3/c19-14-7-5-11(6-8-14)17(20)15-9-12-3-1-2-4-13(12)10-16(15)18(21)22/h1-10H,(H,21,22). The van der Waals surface area contributed by atoms with E-state index in [1.54, 1.807) is 36.4 Å². The number of hydrogen-bond acceptors (Lipinski definition) is 2. The Morgan fingerprint density at radius 1 is 0.818 bits per heavy atom. The Bertz CT molecular complexity index is 882. The van der Waals surface area contributed by atoms with Crippen molar-refractivity contribution in [2.24, 2.45) is 0 Å². The van der Waals surface area contributed by atoms with Crippen LogP contribution in [0.3, 0.4) is 0 Å². The molecule has 0 heterocycles. The van der Waals surface area contributed by atoms with E-state index in [1.165, 1.54) is 0 Å². The maximum absolute atomic E-state index is 12.6. The molecule has 22 heavy (non-hydrogen) atoms. The molecule has 3 aromatic rings. The fourth-order valence-electron chi connectivity index (χ4n) is 2.36. The van der Waals surface area contributed by atoms with Crippen molar-refractivity contribution >= 4 is 38.5 Å². The lowest BCUT2D eigenvalue weighted by Gasteiger charge is -2.08. The van der Waals surface area contributed by atoms with Crippen molar-refractivity contribution in [3.05, 3.63) is 81.8 Å². The molecule has 0 aromatic heterocycles. The summed E-state index contributed by atoms with van der Waals surface area (Å²) in [4.78, 5) is 24.1. The topological polar surface area (TPSA) is 54.4 Å². The van der Waals surface area contributed by atoms with Crippen molar-refractivity contribution in [1.29, 1.82) is 0 Å². The number of rotatable bonds is 3. The van der Waals surface area contributed by atoms with Crippen molar-refractivity contribution in [1.82, 2.24) is 0 Å². The molecule has 3 rings (SSSR count). The van der Waals surface area contributed by atoms with Crippen molar-refractivity contribution in [2.45, 2.75) is 0 Å². The Morgan fingerprint density at radius 3 is 1.91 bits per heavy atom. The fraction of sp³-hybridized carbons (Fsp3) is 0. The van der Waals surface area contributed by atoms with Gasteiger partial charge in [0, 0.05) is 15.6 Å². The molecule has 0 saturated carbocycles. The highest BCUT2D eigenvalue weighted by molar-refractivity contribution is 9.10. The number of carboxylic acid groups (broad SMARTS) is 1. The van der Waals surface area contributed by atoms with Gasteiger partial charge in [-0.25, -0.2) is 4.79 Å². The van der Waals surface area contributed by atoms with Gasteiger partial charge < -0.3 is 5.11 Å². The molecule has 4 heteroatoms. The van der Waals surface area contributed by atoms with Gasteiger partial charge in [-0.3, -0.25) is 4.79 Å². The lowest BCUT2D eigenvalue weighted by molar-refractivity contribution is 0.0693. The van der Waals surface area contributed by atoms with E-state index in [4.69, 9.17) is 0 Å². The highest BCUT2D eigenvalue weighted by Crippen LogP contribution is 2.23. The monoisotopic (exact) mass is 354 g/mol. The maximum Gasteiger partial charge on any atom is 0.336 e. The number of carbonyl (C=O) groups is 2. The van der Waals surface area contributed by atoms with Crippen LogP contribution in [0.5, 0.6) is 0 Å². The number of halogens is 1. The van der Waals surface area contributed by atoms with Crippen LogP contribution in [0.2, 0.25) is 0 Å². The minimum atomic E-state index is -1.11. The smallest absolute Gasteiger partial charge is 0.336 e. The highest BCUT2D eigenvalue weighted by atomic mass is 79.9. The van der Waals surface area contributed by atoms with Crippen LogP contribution >= 0.6 is 15.9 Å². The van der Waals surface area contributed by atoms with Crippen LogP contribution in [-0.4, -0.2) is 16.9 Å². The lowest BCUT2D eigenvalue weighted by Crippen LogP contribution is -2.09. The van der Waals surface area contributed by atoms with Crippen LogP contribution in [0, 0.1) is 0 Å². The highest BCUT2D eigenvalue weighted by Gasteiger charge is 2.19. The van der Waals surface area contributed by atoms with E-state index in [-0.39, 0.29) is 16.9 Å². The second-order valence-corrected chi connectivity index (χ2v) is 5.80. The fourth-order valence-corrected chi connectivity index (χ4v) is 2.63. The van der Waals surface area contributed by atoms with Crippen LogP contribution in [0.25, 0.3) is 10.8 Å². The minimum Gasteiger partial charge on any atom is -0.478 e. The molecule has 108 valence electrons. The molecule has 0 amide bonds. The number of ketones is 1. The molecular weight excluding hydrogens is 344 g/mol. The zero-order valence-corrected chi connectivity index (χ0v) is 13.0. The number of aromatic carboxylic acids is 1. The summed E-state index contributed by atoms with van der Waals surface area (Å²) in [6.07, 6.45) is 0. The SMILES string of the molecule is O=C(O)c1cc2ccccc2cc1C(=O)c1ccc(Br)cc1. The molecule has 0 radical (unpaired) electrons. The molecule has 0 bridgehead atoms. The largest absolute Gasteiger partial charge is 0.478 e. The number of carboxylic acids is 1. The maximum atomic E-state index is 12.6. The number of fused-ring (bicyclic) bond motifs is 1. The van der Waals surface area contributed by atoms with Gasteiger partial charge in [-0.2, -0.15) is 0 Å². The van der Waals surface area contributed by atoms with E-state index in [1.807, 2.05) is 24.3 Å². The molecule has 0 atom stereocenters. The summed E-state index contributed by atoms with van der Waals surface area (Å²) in [6.45, 7) is 0. The first-order chi connectivity index (χ1) is 10.6. The first-order valence-corrected chi connectivity index (χ1v) is 7.42. The van der Waals surface area contributed by atoms with Gasteiger partial charge in [0.15, 0.2) is 5.78 Å². The number of carbonyl (C=O) groups excluding carboxylic acids is 1. The van der Waals surface area contributed by atoms with E-state index in [9.17, 15) is 14.7 Å². The predicted octanol–water partition coefficient (Wildman–Crippen LogP) is 4.53. The van der Waals surface area contributed by atoms with Gasteiger partial charge in [0.1, 0.15) is 0 Å². The number of hydrogen-bond donors (Lipinski definition) is 1. The number of benzene rings is 3. The Hall–Kier alpha value is -2.46. The van der Waals surface area contributed by atoms with Crippen LogP contribution in [0.4, 0.5) is 0 Å². The van der Waals surface area contributed by atoms with Gasteiger partial charge in [0.25, 0.3) is 0 Å². The molecule has 0 aliphatic rings. The third kappa shape index (κ3) is 2.65. The molecule has 0 aliphatic carbocycles. The lowest BCUT2D eigenvalue weighted by atomic mass is 9.95. The van der Waals surface area contributed by atoms with Crippen molar-refractivity contribution in [3.63, 3.8) is 0 Å². The summed E-state index contributed by atoms with van der Waals surface area (Å²) in [7, 11) is 0. The summed E-state index contributed by atoms with van der Waals surface area (Å²) in [5, 5.41) is 11.0. The van der Waals surface area contributed by atoms with E-state index in [0.29, 0.717) is 5.56 Å². The van der Waals surface area contributed by atoms with Crippen molar-refractivity contribution in [3.8, 4) is 0 Å². The summed E-state index contributed by atoms with van der Waals surface area (Å²) in [5.41, 5.74) is 0.682. The molecule has 3 nitrogen and oxygen atoms in total. The third-order valence-corrected chi connectivity index (χ3v) is 4.00. The molecule has 0 saturated heterocycles. The van der Waals surface area contributed by atoms with Crippen LogP contribution in [0.1, 0.15) is 26.3 Å². The summed E-state index contributed by atoms with van der Waals surface area (Å²) in [5.74, 6) is -1.40. The van der Waals surface area contributed by atoms with E-state index >= 15 is 0 Å². The van der Waals surface area contributed by atoms with Crippen molar-refractivity contribution in [2.75, 3.05) is 0 Å². The van der Waals surface area contributed by atoms with Gasteiger partial charge in [-0.1, -0.05) is 40.2 Å². The Labute approximate surface area is 135 Å². The molecule has 0 aliphatic heterocycles. The molecule has 0 unspecified atom stereocenters. The normalized spacial score (nSPS) is 10.6. The molecule has 0 fully saturated rings. The summed E-state index contributed by atoms with van der Waals surface area (Å²) < 4.78 is 0.862.